The molecule has 2 bridgehead atoms. The van der Waals surface area contributed by atoms with Crippen LogP contribution in [0.2, 0.25) is 0 Å². The molecule has 242 valence electrons. The highest BCUT2D eigenvalue weighted by Crippen LogP contribution is 2.39. The second-order valence-electron chi connectivity index (χ2n) is 12.8. The monoisotopic (exact) mass is 629 g/mol. The number of amides is 2. The largest absolute Gasteiger partial charge is 0.493 e. The second-order valence-corrected chi connectivity index (χ2v) is 12.8. The van der Waals surface area contributed by atoms with E-state index in [-0.39, 0.29) is 36.5 Å². The Labute approximate surface area is 268 Å². The molecule has 3 aromatic rings. The van der Waals surface area contributed by atoms with Crippen molar-refractivity contribution >= 4 is 17.6 Å². The molecule has 1 saturated carbocycles. The van der Waals surface area contributed by atoms with Crippen molar-refractivity contribution in [3.05, 3.63) is 105 Å². The number of carboxylic acid groups (broad SMARTS) is 1. The van der Waals surface area contributed by atoms with Gasteiger partial charge in [-0.3, -0.25) is 9.69 Å². The van der Waals surface area contributed by atoms with Crippen molar-refractivity contribution in [3.63, 3.8) is 0 Å². The van der Waals surface area contributed by atoms with E-state index in [2.05, 4.69) is 31.3 Å². The molecule has 2 N–H and O–H groups in total. The first-order valence-corrected chi connectivity index (χ1v) is 16.1. The number of rotatable bonds is 10. The maximum absolute atomic E-state index is 14.5. The minimum Gasteiger partial charge on any atom is -0.493 e. The third-order valence-corrected chi connectivity index (χ3v) is 9.71. The minimum absolute atomic E-state index is 0.00604. The van der Waals surface area contributed by atoms with E-state index < -0.39 is 23.8 Å². The highest BCUT2D eigenvalue weighted by atomic mass is 19.2. The molecule has 7 nitrogen and oxygen atoms in total. The van der Waals surface area contributed by atoms with E-state index in [0.717, 1.165) is 52.5 Å². The van der Waals surface area contributed by atoms with E-state index in [1.807, 2.05) is 31.2 Å². The average Bonchev–Trinajstić information content (AvgIpc) is 3.88. The van der Waals surface area contributed by atoms with Gasteiger partial charge in [0.15, 0.2) is 11.6 Å². The Kier molecular flexibility index (Phi) is 9.13. The molecule has 2 fully saturated rings. The van der Waals surface area contributed by atoms with E-state index in [0.29, 0.717) is 38.1 Å². The van der Waals surface area contributed by atoms with Crippen molar-refractivity contribution in [2.75, 3.05) is 26.2 Å². The fourth-order valence-electron chi connectivity index (χ4n) is 6.90. The highest BCUT2D eigenvalue weighted by Gasteiger charge is 2.46. The van der Waals surface area contributed by atoms with Gasteiger partial charge >= 0.3 is 6.09 Å². The number of nitrogens with zero attached hydrogens (tertiary/aromatic N) is 2. The molecule has 46 heavy (non-hydrogen) atoms. The number of ether oxygens (including phenoxy) is 1. The van der Waals surface area contributed by atoms with Crippen LogP contribution in [0.1, 0.15) is 52.6 Å². The number of carbonyl (C=O) groups excluding carboxylic acids is 1. The zero-order chi connectivity index (χ0) is 32.5. The normalized spacial score (nSPS) is 19.3. The topological polar surface area (TPSA) is 82.1 Å². The number of aryl methyl sites for hydroxylation is 2. The second kappa shape index (κ2) is 13.2. The van der Waals surface area contributed by atoms with Crippen LogP contribution in [0.5, 0.6) is 5.75 Å². The van der Waals surface area contributed by atoms with Crippen molar-refractivity contribution < 1.29 is 28.2 Å². The molecule has 3 aromatic carbocycles. The van der Waals surface area contributed by atoms with Gasteiger partial charge in [-0.1, -0.05) is 48.5 Å². The Morgan fingerprint density at radius 1 is 0.978 bits per heavy atom. The summed E-state index contributed by atoms with van der Waals surface area (Å²) >= 11 is 0. The van der Waals surface area contributed by atoms with Crippen LogP contribution in [0.3, 0.4) is 0 Å². The third-order valence-electron chi connectivity index (χ3n) is 9.71. The summed E-state index contributed by atoms with van der Waals surface area (Å²) in [6.07, 6.45) is 1.89. The molecular weight excluding hydrogens is 588 g/mol. The quantitative estimate of drug-likeness (QED) is 0.278. The number of nitrogens with one attached hydrogen (secondary N) is 1. The maximum atomic E-state index is 14.5. The van der Waals surface area contributed by atoms with E-state index in [9.17, 15) is 23.5 Å². The van der Waals surface area contributed by atoms with Crippen molar-refractivity contribution in [1.29, 1.82) is 0 Å². The summed E-state index contributed by atoms with van der Waals surface area (Å²) < 4.78 is 34.6. The zero-order valence-corrected chi connectivity index (χ0v) is 26.6. The van der Waals surface area contributed by atoms with Crippen LogP contribution < -0.4 is 10.1 Å². The Balaban J connectivity index is 1.27. The lowest BCUT2D eigenvalue weighted by molar-refractivity contribution is -0.128. The zero-order valence-electron chi connectivity index (χ0n) is 26.6. The number of halogens is 2. The Bertz CT molecular complexity index is 1670. The number of benzene rings is 3. The molecule has 2 amide bonds. The minimum atomic E-state index is -1.05. The molecule has 1 aliphatic carbocycles. The summed E-state index contributed by atoms with van der Waals surface area (Å²) in [5.74, 6) is -1.11. The van der Waals surface area contributed by atoms with Gasteiger partial charge in [-0.15, -0.1) is 0 Å². The lowest BCUT2D eigenvalue weighted by Gasteiger charge is -2.47. The number of fused-ring (bicyclic) bond motifs is 2. The summed E-state index contributed by atoms with van der Waals surface area (Å²) in [6, 6.07) is 15.4. The molecular formula is C37H41F2N3O4. The Morgan fingerprint density at radius 2 is 1.72 bits per heavy atom. The van der Waals surface area contributed by atoms with Crippen molar-refractivity contribution in [2.45, 2.75) is 71.0 Å². The summed E-state index contributed by atoms with van der Waals surface area (Å²) in [7, 11) is 0. The molecule has 1 saturated heterocycles. The van der Waals surface area contributed by atoms with Crippen LogP contribution in [-0.4, -0.2) is 71.3 Å². The van der Waals surface area contributed by atoms with Crippen LogP contribution in [-0.2, 0) is 17.6 Å². The average molecular weight is 630 g/mol. The number of piperazine rings is 1. The van der Waals surface area contributed by atoms with Gasteiger partial charge < -0.3 is 20.1 Å². The SMILES string of the molecule is Cc1ccc(C)c(OCCc2ccc(C3=C(C(=O)N(CCc4cccc(F)c4F)C4CC4)C4CNCC(C3)N4C(=O)O)cc2)c1C. The molecule has 2 atom stereocenters. The van der Waals surface area contributed by atoms with Gasteiger partial charge in [-0.05, 0) is 91.5 Å². The van der Waals surface area contributed by atoms with Crippen LogP contribution in [0.15, 0.2) is 60.2 Å². The van der Waals surface area contributed by atoms with Gasteiger partial charge in [0, 0.05) is 37.7 Å². The van der Waals surface area contributed by atoms with E-state index in [1.165, 1.54) is 22.6 Å². The Morgan fingerprint density at radius 3 is 2.43 bits per heavy atom. The van der Waals surface area contributed by atoms with Gasteiger partial charge in [-0.25, -0.2) is 13.6 Å². The first-order chi connectivity index (χ1) is 22.1. The van der Waals surface area contributed by atoms with Crippen molar-refractivity contribution in [2.24, 2.45) is 0 Å². The standard InChI is InChI=1S/C37H41F2N3O4/c1-22-7-8-23(2)35(24(22)3)46-18-16-25-9-11-26(12-10-25)30-19-29-20-40-21-32(42(29)37(44)45)33(30)36(43)41(28-13-14-28)17-15-27-5-4-6-31(38)34(27)39/h4-12,28-29,32,40H,13-21H2,1-3H3,(H,44,45). The lowest BCUT2D eigenvalue weighted by atomic mass is 9.81. The first kappa shape index (κ1) is 31.7. The van der Waals surface area contributed by atoms with E-state index >= 15 is 0 Å². The van der Waals surface area contributed by atoms with Crippen molar-refractivity contribution in [1.82, 2.24) is 15.1 Å². The first-order valence-electron chi connectivity index (χ1n) is 16.1. The predicted octanol–water partition coefficient (Wildman–Crippen LogP) is 6.22. The molecule has 0 aromatic heterocycles. The fourth-order valence-corrected chi connectivity index (χ4v) is 6.90. The number of hydrogen-bond donors (Lipinski definition) is 2. The summed E-state index contributed by atoms with van der Waals surface area (Å²) in [5, 5.41) is 13.5. The predicted molar refractivity (Wildman–Crippen MR) is 173 cm³/mol. The fraction of sp³-hybridized carbons (Fsp3) is 0.405. The van der Waals surface area contributed by atoms with Gasteiger partial charge in [0.2, 0.25) is 0 Å². The van der Waals surface area contributed by atoms with Crippen LogP contribution in [0.25, 0.3) is 5.57 Å². The van der Waals surface area contributed by atoms with Gasteiger partial charge in [0.05, 0.1) is 18.7 Å². The van der Waals surface area contributed by atoms with Gasteiger partial charge in [-0.2, -0.15) is 0 Å². The van der Waals surface area contributed by atoms with Crippen LogP contribution in [0, 0.1) is 32.4 Å². The van der Waals surface area contributed by atoms with Crippen LogP contribution in [0.4, 0.5) is 13.6 Å². The highest BCUT2D eigenvalue weighted by molar-refractivity contribution is 6.04. The third kappa shape index (κ3) is 6.38. The maximum Gasteiger partial charge on any atom is 0.408 e. The molecule has 9 heteroatoms. The molecule has 2 heterocycles. The molecule has 0 radical (unpaired) electrons. The molecule has 0 spiro atoms. The van der Waals surface area contributed by atoms with Crippen molar-refractivity contribution in [3.8, 4) is 5.75 Å². The summed E-state index contributed by atoms with van der Waals surface area (Å²) in [5.41, 5.74) is 6.99. The summed E-state index contributed by atoms with van der Waals surface area (Å²) in [6.45, 7) is 7.79. The van der Waals surface area contributed by atoms with Crippen LogP contribution >= 0.6 is 0 Å². The van der Waals surface area contributed by atoms with E-state index in [1.54, 1.807) is 4.90 Å². The number of carbonyl (C=O) groups is 2. The smallest absolute Gasteiger partial charge is 0.408 e. The summed E-state index contributed by atoms with van der Waals surface area (Å²) in [4.78, 5) is 30.1. The molecule has 2 unspecified atom stereocenters. The van der Waals surface area contributed by atoms with E-state index in [4.69, 9.17) is 4.74 Å². The van der Waals surface area contributed by atoms with Gasteiger partial charge in [0.25, 0.3) is 5.91 Å². The number of hydrogen-bond acceptors (Lipinski definition) is 4. The molecule has 6 rings (SSSR count). The van der Waals surface area contributed by atoms with Gasteiger partial charge in [0.1, 0.15) is 5.75 Å². The Hall–Kier alpha value is -4.24. The lowest BCUT2D eigenvalue weighted by Crippen LogP contribution is -2.63. The molecule has 3 aliphatic rings. The molecule has 2 aliphatic heterocycles.